The lowest BCUT2D eigenvalue weighted by molar-refractivity contribution is -0.115. The zero-order chi connectivity index (χ0) is 16.9. The van der Waals surface area contributed by atoms with Crippen LogP contribution < -0.4 is 10.1 Å². The molecule has 1 amide bonds. The van der Waals surface area contributed by atoms with E-state index in [-0.39, 0.29) is 18.4 Å². The SMILES string of the molecule is Cc1cnc(NC(=O)Cc2cc(OC3CCOCC3)cc(Cl)n2)s1. The molecule has 0 unspecified atom stereocenters. The number of nitrogens with zero attached hydrogens (tertiary/aromatic N) is 2. The van der Waals surface area contributed by atoms with E-state index < -0.39 is 0 Å². The van der Waals surface area contributed by atoms with E-state index in [0.29, 0.717) is 34.9 Å². The summed E-state index contributed by atoms with van der Waals surface area (Å²) in [6.07, 6.45) is 3.64. The first-order valence-corrected chi connectivity index (χ1v) is 8.91. The minimum absolute atomic E-state index is 0.109. The number of hydrogen-bond acceptors (Lipinski definition) is 6. The second kappa shape index (κ2) is 7.92. The molecule has 0 aromatic carbocycles. The maximum Gasteiger partial charge on any atom is 0.232 e. The van der Waals surface area contributed by atoms with Gasteiger partial charge in [0, 0.05) is 36.0 Å². The van der Waals surface area contributed by atoms with Crippen LogP contribution in [0.4, 0.5) is 5.13 Å². The summed E-state index contributed by atoms with van der Waals surface area (Å²) in [5, 5.41) is 3.65. The Labute approximate surface area is 149 Å². The number of aromatic nitrogens is 2. The molecule has 0 aliphatic carbocycles. The number of anilines is 1. The number of aryl methyl sites for hydroxylation is 1. The third kappa shape index (κ3) is 4.90. The summed E-state index contributed by atoms with van der Waals surface area (Å²) in [5.74, 6) is 0.450. The molecule has 0 saturated carbocycles. The molecule has 0 radical (unpaired) electrons. The largest absolute Gasteiger partial charge is 0.490 e. The summed E-state index contributed by atoms with van der Waals surface area (Å²) in [5.41, 5.74) is 0.565. The van der Waals surface area contributed by atoms with Crippen molar-refractivity contribution in [3.05, 3.63) is 34.1 Å². The highest BCUT2D eigenvalue weighted by atomic mass is 35.5. The predicted molar refractivity (Wildman–Crippen MR) is 92.9 cm³/mol. The molecule has 1 N–H and O–H groups in total. The summed E-state index contributed by atoms with van der Waals surface area (Å²) >= 11 is 7.49. The van der Waals surface area contributed by atoms with Crippen LogP contribution in [0.15, 0.2) is 18.3 Å². The molecule has 1 saturated heterocycles. The number of thiazole rings is 1. The lowest BCUT2D eigenvalue weighted by Crippen LogP contribution is -2.26. The monoisotopic (exact) mass is 367 g/mol. The molecule has 3 rings (SSSR count). The Morgan fingerprint density at radius 3 is 2.96 bits per heavy atom. The van der Waals surface area contributed by atoms with Crippen LogP contribution >= 0.6 is 22.9 Å². The minimum atomic E-state index is -0.184. The van der Waals surface area contributed by atoms with Gasteiger partial charge < -0.3 is 14.8 Å². The molecular formula is C16H18ClN3O3S. The van der Waals surface area contributed by atoms with Crippen molar-refractivity contribution in [2.24, 2.45) is 0 Å². The Hall–Kier alpha value is -1.70. The van der Waals surface area contributed by atoms with Crippen LogP contribution in [0.2, 0.25) is 5.15 Å². The molecule has 0 spiro atoms. The Morgan fingerprint density at radius 2 is 2.25 bits per heavy atom. The van der Waals surface area contributed by atoms with E-state index in [1.54, 1.807) is 18.3 Å². The van der Waals surface area contributed by atoms with Gasteiger partial charge in [-0.05, 0) is 6.92 Å². The second-order valence-corrected chi connectivity index (χ2v) is 7.17. The normalized spacial score (nSPS) is 15.2. The Balaban J connectivity index is 1.63. The number of hydrogen-bond donors (Lipinski definition) is 1. The zero-order valence-corrected chi connectivity index (χ0v) is 14.8. The summed E-state index contributed by atoms with van der Waals surface area (Å²) in [7, 11) is 0. The molecule has 6 nitrogen and oxygen atoms in total. The summed E-state index contributed by atoms with van der Waals surface area (Å²) in [6.45, 7) is 3.34. The van der Waals surface area contributed by atoms with Crippen molar-refractivity contribution in [1.82, 2.24) is 9.97 Å². The molecule has 2 aromatic rings. The highest BCUT2D eigenvalue weighted by molar-refractivity contribution is 7.15. The average Bonchev–Trinajstić information content (AvgIpc) is 2.92. The summed E-state index contributed by atoms with van der Waals surface area (Å²) in [6, 6.07) is 3.43. The Kier molecular flexibility index (Phi) is 5.65. The molecule has 128 valence electrons. The lowest BCUT2D eigenvalue weighted by atomic mass is 10.1. The minimum Gasteiger partial charge on any atom is -0.490 e. The van der Waals surface area contributed by atoms with Gasteiger partial charge in [0.1, 0.15) is 17.0 Å². The third-order valence-corrected chi connectivity index (χ3v) is 4.52. The summed E-state index contributed by atoms with van der Waals surface area (Å²) < 4.78 is 11.3. The fraction of sp³-hybridized carbons (Fsp3) is 0.438. The maximum atomic E-state index is 12.1. The van der Waals surface area contributed by atoms with Gasteiger partial charge in [-0.15, -0.1) is 11.3 Å². The van der Waals surface area contributed by atoms with E-state index in [9.17, 15) is 4.79 Å². The third-order valence-electron chi connectivity index (χ3n) is 3.50. The number of halogens is 1. The van der Waals surface area contributed by atoms with Gasteiger partial charge in [0.25, 0.3) is 0 Å². The van der Waals surface area contributed by atoms with Crippen LogP contribution in [-0.4, -0.2) is 35.2 Å². The van der Waals surface area contributed by atoms with E-state index in [2.05, 4.69) is 15.3 Å². The van der Waals surface area contributed by atoms with E-state index in [1.165, 1.54) is 11.3 Å². The van der Waals surface area contributed by atoms with Gasteiger partial charge in [-0.3, -0.25) is 4.79 Å². The van der Waals surface area contributed by atoms with Crippen LogP contribution in [0.3, 0.4) is 0 Å². The second-order valence-electron chi connectivity index (χ2n) is 5.55. The van der Waals surface area contributed by atoms with Crippen molar-refractivity contribution < 1.29 is 14.3 Å². The van der Waals surface area contributed by atoms with E-state index in [4.69, 9.17) is 21.1 Å². The highest BCUT2D eigenvalue weighted by Crippen LogP contribution is 2.23. The predicted octanol–water partition coefficient (Wildman–Crippen LogP) is 3.24. The van der Waals surface area contributed by atoms with E-state index in [0.717, 1.165) is 17.7 Å². The molecule has 1 aliphatic rings. The van der Waals surface area contributed by atoms with Gasteiger partial charge in [0.05, 0.1) is 25.3 Å². The van der Waals surface area contributed by atoms with Crippen LogP contribution in [0.1, 0.15) is 23.4 Å². The van der Waals surface area contributed by atoms with Crippen LogP contribution in [0.25, 0.3) is 0 Å². The van der Waals surface area contributed by atoms with Gasteiger partial charge in [-0.2, -0.15) is 0 Å². The van der Waals surface area contributed by atoms with Gasteiger partial charge in [-0.1, -0.05) is 11.6 Å². The van der Waals surface area contributed by atoms with E-state index in [1.807, 2.05) is 6.92 Å². The number of amides is 1. The quantitative estimate of drug-likeness (QED) is 0.821. The fourth-order valence-electron chi connectivity index (χ4n) is 2.41. The fourth-order valence-corrected chi connectivity index (χ4v) is 3.31. The van der Waals surface area contributed by atoms with Crippen molar-refractivity contribution in [3.8, 4) is 5.75 Å². The topological polar surface area (TPSA) is 73.3 Å². The molecular weight excluding hydrogens is 350 g/mol. The van der Waals surface area contributed by atoms with Gasteiger partial charge >= 0.3 is 0 Å². The van der Waals surface area contributed by atoms with Gasteiger partial charge in [-0.25, -0.2) is 9.97 Å². The molecule has 1 fully saturated rings. The maximum absolute atomic E-state index is 12.1. The molecule has 2 aromatic heterocycles. The molecule has 1 aliphatic heterocycles. The van der Waals surface area contributed by atoms with Crippen LogP contribution in [0, 0.1) is 6.92 Å². The van der Waals surface area contributed by atoms with Crippen molar-refractivity contribution >= 4 is 34.0 Å². The van der Waals surface area contributed by atoms with Crippen molar-refractivity contribution in [2.45, 2.75) is 32.3 Å². The van der Waals surface area contributed by atoms with Gasteiger partial charge in [0.2, 0.25) is 5.91 Å². The number of carbonyl (C=O) groups is 1. The van der Waals surface area contributed by atoms with Crippen molar-refractivity contribution in [3.63, 3.8) is 0 Å². The molecule has 24 heavy (non-hydrogen) atoms. The highest BCUT2D eigenvalue weighted by Gasteiger charge is 2.17. The number of ether oxygens (including phenoxy) is 2. The van der Waals surface area contributed by atoms with Crippen LogP contribution in [0.5, 0.6) is 5.75 Å². The molecule has 8 heteroatoms. The number of nitrogens with one attached hydrogen (secondary N) is 1. The van der Waals surface area contributed by atoms with E-state index >= 15 is 0 Å². The Morgan fingerprint density at radius 1 is 1.46 bits per heavy atom. The first-order chi connectivity index (χ1) is 11.6. The first kappa shape index (κ1) is 17.1. The number of rotatable bonds is 5. The van der Waals surface area contributed by atoms with Gasteiger partial charge in [0.15, 0.2) is 5.13 Å². The molecule has 0 bridgehead atoms. The van der Waals surface area contributed by atoms with Crippen molar-refractivity contribution in [1.29, 1.82) is 0 Å². The summed E-state index contributed by atoms with van der Waals surface area (Å²) in [4.78, 5) is 21.5. The average molecular weight is 368 g/mol. The number of carbonyl (C=O) groups excluding carboxylic acids is 1. The standard InChI is InChI=1S/C16H18ClN3O3S/c1-10-9-18-16(24-10)20-15(21)7-11-6-13(8-14(17)19-11)23-12-2-4-22-5-3-12/h6,8-9,12H,2-5,7H2,1H3,(H,18,20,21). The molecule has 3 heterocycles. The Bertz CT molecular complexity index is 716. The lowest BCUT2D eigenvalue weighted by Gasteiger charge is -2.23. The number of pyridine rings is 1. The smallest absolute Gasteiger partial charge is 0.232 e. The van der Waals surface area contributed by atoms with Crippen molar-refractivity contribution in [2.75, 3.05) is 18.5 Å². The zero-order valence-electron chi connectivity index (χ0n) is 13.3. The van der Waals surface area contributed by atoms with Crippen LogP contribution in [-0.2, 0) is 16.0 Å². The molecule has 0 atom stereocenters. The first-order valence-electron chi connectivity index (χ1n) is 7.71.